The third kappa shape index (κ3) is 5.37. The van der Waals surface area contributed by atoms with E-state index in [1.807, 2.05) is 36.4 Å². The van der Waals surface area contributed by atoms with Gasteiger partial charge in [-0.1, -0.05) is 0 Å². The molecule has 1 aliphatic heterocycles. The average molecular weight is 496 g/mol. The molecule has 1 aromatic heterocycles. The quantitative estimate of drug-likeness (QED) is 0.484. The fourth-order valence-electron chi connectivity index (χ4n) is 4.33. The van der Waals surface area contributed by atoms with Gasteiger partial charge in [0.25, 0.3) is 5.56 Å². The molecule has 0 aliphatic carbocycles. The average Bonchev–Trinajstić information content (AvgIpc) is 2.90. The molecule has 36 heavy (non-hydrogen) atoms. The molecule has 1 atom stereocenters. The van der Waals surface area contributed by atoms with E-state index in [2.05, 4.69) is 4.98 Å². The minimum Gasteiger partial charge on any atom is -0.497 e. The molecule has 1 N–H and O–H groups in total. The van der Waals surface area contributed by atoms with Crippen LogP contribution in [0.25, 0.3) is 0 Å². The molecule has 1 unspecified atom stereocenters. The number of hydrogen-bond donors (Lipinski definition) is 1. The molecule has 10 heteroatoms. The van der Waals surface area contributed by atoms with Crippen LogP contribution in [0.2, 0.25) is 0 Å². The van der Waals surface area contributed by atoms with Gasteiger partial charge >= 0.3 is 5.69 Å². The van der Waals surface area contributed by atoms with Crippen LogP contribution >= 0.6 is 0 Å². The molecule has 1 aliphatic rings. The predicted molar refractivity (Wildman–Crippen MR) is 132 cm³/mol. The summed E-state index contributed by atoms with van der Waals surface area (Å²) in [5.41, 5.74) is 0.949. The van der Waals surface area contributed by atoms with E-state index in [9.17, 15) is 14.4 Å². The molecule has 2 aromatic carbocycles. The van der Waals surface area contributed by atoms with E-state index in [1.54, 1.807) is 26.2 Å². The van der Waals surface area contributed by atoms with Crippen LogP contribution in [-0.4, -0.2) is 54.8 Å². The summed E-state index contributed by atoms with van der Waals surface area (Å²) in [6.07, 6.45) is 2.12. The lowest BCUT2D eigenvalue weighted by Crippen LogP contribution is -2.43. The van der Waals surface area contributed by atoms with Crippen molar-refractivity contribution in [2.24, 2.45) is 0 Å². The Labute approximate surface area is 208 Å². The van der Waals surface area contributed by atoms with Gasteiger partial charge in [-0.15, -0.1) is 0 Å². The second kappa shape index (κ2) is 11.0. The van der Waals surface area contributed by atoms with Gasteiger partial charge in [0.05, 0.1) is 27.4 Å². The normalized spacial score (nSPS) is 14.6. The van der Waals surface area contributed by atoms with Crippen molar-refractivity contribution in [2.45, 2.75) is 25.4 Å². The molecule has 2 heterocycles. The van der Waals surface area contributed by atoms with Gasteiger partial charge in [-0.3, -0.25) is 14.6 Å². The van der Waals surface area contributed by atoms with Crippen LogP contribution < -0.4 is 30.2 Å². The fourth-order valence-corrected chi connectivity index (χ4v) is 4.33. The molecule has 1 amide bonds. The standard InChI is InChI=1S/C26H29N3O7/c1-33-18-4-6-19(7-5-18)36-16-21-20-15-23(35-3)22(34-2)14-17(20)8-13-29(21)25(31)10-12-28-11-9-24(30)27-26(28)32/h4-7,9,11,14-15,21H,8,10,12-13,16H2,1-3H3,(H,27,30,32). The van der Waals surface area contributed by atoms with E-state index in [-0.39, 0.29) is 31.5 Å². The zero-order chi connectivity index (χ0) is 25.7. The molecule has 190 valence electrons. The fraction of sp³-hybridized carbons (Fsp3) is 0.346. The maximum Gasteiger partial charge on any atom is 0.328 e. The van der Waals surface area contributed by atoms with E-state index in [0.29, 0.717) is 30.2 Å². The summed E-state index contributed by atoms with van der Waals surface area (Å²) < 4.78 is 23.6. The van der Waals surface area contributed by atoms with Gasteiger partial charge in [-0.25, -0.2) is 4.79 Å². The van der Waals surface area contributed by atoms with Crippen molar-refractivity contribution in [2.75, 3.05) is 34.5 Å². The smallest absolute Gasteiger partial charge is 0.328 e. The number of nitrogens with one attached hydrogen (secondary N) is 1. The lowest BCUT2D eigenvalue weighted by Gasteiger charge is -2.37. The number of rotatable bonds is 9. The number of hydrogen-bond acceptors (Lipinski definition) is 7. The number of carbonyl (C=O) groups is 1. The number of aryl methyl sites for hydroxylation is 1. The number of methoxy groups -OCH3 is 3. The van der Waals surface area contributed by atoms with Gasteiger partial charge in [0.2, 0.25) is 5.91 Å². The van der Waals surface area contributed by atoms with Gasteiger partial charge in [0.1, 0.15) is 18.1 Å². The highest BCUT2D eigenvalue weighted by molar-refractivity contribution is 5.77. The molecule has 3 aromatic rings. The van der Waals surface area contributed by atoms with Crippen molar-refractivity contribution in [1.29, 1.82) is 0 Å². The number of H-pyrrole nitrogens is 1. The Balaban J connectivity index is 1.59. The first-order chi connectivity index (χ1) is 17.4. The van der Waals surface area contributed by atoms with Crippen LogP contribution in [0.3, 0.4) is 0 Å². The minimum atomic E-state index is -0.546. The van der Waals surface area contributed by atoms with Gasteiger partial charge in [0.15, 0.2) is 11.5 Å². The zero-order valence-electron chi connectivity index (χ0n) is 20.5. The Morgan fingerprint density at radius 1 is 0.972 bits per heavy atom. The molecule has 10 nitrogen and oxygen atoms in total. The molecule has 0 spiro atoms. The molecular formula is C26H29N3O7. The summed E-state index contributed by atoms with van der Waals surface area (Å²) in [7, 11) is 4.76. The van der Waals surface area contributed by atoms with Crippen LogP contribution in [0.1, 0.15) is 23.6 Å². The van der Waals surface area contributed by atoms with E-state index in [1.165, 1.54) is 16.8 Å². The summed E-state index contributed by atoms with van der Waals surface area (Å²) in [5.74, 6) is 2.44. The topological polar surface area (TPSA) is 112 Å². The number of carbonyl (C=O) groups excluding carboxylic acids is 1. The van der Waals surface area contributed by atoms with Crippen molar-refractivity contribution < 1.29 is 23.7 Å². The summed E-state index contributed by atoms with van der Waals surface area (Å²) in [6, 6.07) is 12.0. The van der Waals surface area contributed by atoms with Crippen LogP contribution in [-0.2, 0) is 17.8 Å². The predicted octanol–water partition coefficient (Wildman–Crippen LogP) is 2.16. The van der Waals surface area contributed by atoms with Crippen LogP contribution in [0.4, 0.5) is 0 Å². The van der Waals surface area contributed by atoms with Gasteiger partial charge in [-0.05, 0) is 53.9 Å². The summed E-state index contributed by atoms with van der Waals surface area (Å²) in [6.45, 7) is 0.855. The summed E-state index contributed by atoms with van der Waals surface area (Å²) in [5, 5.41) is 0. The molecule has 0 radical (unpaired) electrons. The van der Waals surface area contributed by atoms with E-state index in [4.69, 9.17) is 18.9 Å². The number of nitrogens with zero attached hydrogens (tertiary/aromatic N) is 2. The number of fused-ring (bicyclic) bond motifs is 1. The third-order valence-corrected chi connectivity index (χ3v) is 6.25. The zero-order valence-corrected chi connectivity index (χ0v) is 20.5. The highest BCUT2D eigenvalue weighted by atomic mass is 16.5. The Morgan fingerprint density at radius 3 is 2.33 bits per heavy atom. The molecule has 0 saturated carbocycles. The molecule has 4 rings (SSSR count). The molecule has 0 fully saturated rings. The van der Waals surface area contributed by atoms with E-state index in [0.717, 1.165) is 16.9 Å². The summed E-state index contributed by atoms with van der Waals surface area (Å²) in [4.78, 5) is 40.7. The van der Waals surface area contributed by atoms with Crippen molar-refractivity contribution >= 4 is 5.91 Å². The third-order valence-electron chi connectivity index (χ3n) is 6.25. The van der Waals surface area contributed by atoms with Crippen LogP contribution in [0.5, 0.6) is 23.0 Å². The lowest BCUT2D eigenvalue weighted by molar-refractivity contribution is -0.135. The monoisotopic (exact) mass is 495 g/mol. The number of benzene rings is 2. The number of amides is 1. The largest absolute Gasteiger partial charge is 0.497 e. The number of aromatic nitrogens is 2. The molecule has 0 bridgehead atoms. The van der Waals surface area contributed by atoms with Crippen molar-refractivity contribution in [3.63, 3.8) is 0 Å². The lowest BCUT2D eigenvalue weighted by atomic mass is 9.91. The Kier molecular flexibility index (Phi) is 7.62. The van der Waals surface area contributed by atoms with Crippen LogP contribution in [0, 0.1) is 0 Å². The maximum absolute atomic E-state index is 13.4. The Hall–Kier alpha value is -4.21. The van der Waals surface area contributed by atoms with Crippen LogP contribution in [0.15, 0.2) is 58.3 Å². The Bertz CT molecular complexity index is 1330. The van der Waals surface area contributed by atoms with Gasteiger partial charge < -0.3 is 28.4 Å². The second-order valence-electron chi connectivity index (χ2n) is 8.30. The van der Waals surface area contributed by atoms with E-state index < -0.39 is 11.2 Å². The van der Waals surface area contributed by atoms with Gasteiger partial charge in [-0.2, -0.15) is 0 Å². The second-order valence-corrected chi connectivity index (χ2v) is 8.30. The first-order valence-electron chi connectivity index (χ1n) is 11.5. The van der Waals surface area contributed by atoms with E-state index >= 15 is 0 Å². The van der Waals surface area contributed by atoms with Crippen molar-refractivity contribution in [3.8, 4) is 23.0 Å². The van der Waals surface area contributed by atoms with Crippen molar-refractivity contribution in [1.82, 2.24) is 14.5 Å². The number of aromatic amines is 1. The minimum absolute atomic E-state index is 0.0909. The highest BCUT2D eigenvalue weighted by Crippen LogP contribution is 2.38. The number of ether oxygens (including phenoxy) is 4. The Morgan fingerprint density at radius 2 is 1.67 bits per heavy atom. The SMILES string of the molecule is COc1ccc(OCC2c3cc(OC)c(OC)cc3CCN2C(=O)CCn2ccc(=O)[nH]c2=O)cc1. The van der Waals surface area contributed by atoms with Gasteiger partial charge in [0, 0.05) is 31.8 Å². The first kappa shape index (κ1) is 24.9. The molecule has 0 saturated heterocycles. The highest BCUT2D eigenvalue weighted by Gasteiger charge is 2.32. The first-order valence-corrected chi connectivity index (χ1v) is 11.5. The molecular weight excluding hydrogens is 466 g/mol. The van der Waals surface area contributed by atoms with Crippen molar-refractivity contribution in [3.05, 3.63) is 80.6 Å². The maximum atomic E-state index is 13.4. The summed E-state index contributed by atoms with van der Waals surface area (Å²) >= 11 is 0.